The van der Waals surface area contributed by atoms with E-state index in [4.69, 9.17) is 18.0 Å². The molecule has 3 N–H and O–H groups in total. The fourth-order valence-electron chi connectivity index (χ4n) is 1.18. The molecule has 4 nitrogen and oxygen atoms in total. The molecule has 1 amide bonds. The van der Waals surface area contributed by atoms with Gasteiger partial charge in [0, 0.05) is 19.8 Å². The largest absolute Gasteiger partial charge is 0.376 e. The minimum atomic E-state index is 0.0788. The molecule has 0 aliphatic carbocycles. The van der Waals surface area contributed by atoms with Crippen LogP contribution in [-0.4, -0.2) is 30.0 Å². The number of nitrogens with one attached hydrogen (secondary N) is 1. The van der Waals surface area contributed by atoms with Gasteiger partial charge < -0.3 is 16.0 Å². The Morgan fingerprint density at radius 1 is 1.38 bits per heavy atom. The first-order chi connectivity index (χ1) is 7.49. The van der Waals surface area contributed by atoms with Crippen molar-refractivity contribution in [2.24, 2.45) is 5.73 Å². The number of likely N-dealkylation sites (N-methyl/N-ethyl adjacent to an activating group) is 1. The first kappa shape index (κ1) is 12.4. The van der Waals surface area contributed by atoms with E-state index in [9.17, 15) is 4.79 Å². The molecular weight excluding hydrogens is 222 g/mol. The lowest BCUT2D eigenvalue weighted by Crippen LogP contribution is -2.23. The highest BCUT2D eigenvalue weighted by molar-refractivity contribution is 7.80. The molecule has 16 heavy (non-hydrogen) atoms. The van der Waals surface area contributed by atoms with Gasteiger partial charge in [-0.15, -0.1) is 0 Å². The van der Waals surface area contributed by atoms with Gasteiger partial charge in [-0.05, 0) is 29.9 Å². The average molecular weight is 237 g/mol. The first-order valence-corrected chi connectivity index (χ1v) is 5.25. The third-order valence-corrected chi connectivity index (χ3v) is 2.18. The van der Waals surface area contributed by atoms with Crippen LogP contribution in [0.15, 0.2) is 24.3 Å². The summed E-state index contributed by atoms with van der Waals surface area (Å²) >= 11 is 4.72. The number of amides is 1. The summed E-state index contributed by atoms with van der Waals surface area (Å²) in [6, 6.07) is 7.44. The lowest BCUT2D eigenvalue weighted by Gasteiger charge is -2.10. The normalized spacial score (nSPS) is 9.62. The van der Waals surface area contributed by atoms with Crippen molar-refractivity contribution in [1.82, 2.24) is 4.90 Å². The summed E-state index contributed by atoms with van der Waals surface area (Å²) in [5.41, 5.74) is 7.13. The van der Waals surface area contributed by atoms with Gasteiger partial charge >= 0.3 is 0 Å². The predicted octanol–water partition coefficient (Wildman–Crippen LogP) is 0.973. The van der Waals surface area contributed by atoms with E-state index in [1.54, 1.807) is 19.0 Å². The van der Waals surface area contributed by atoms with Crippen LogP contribution in [-0.2, 0) is 11.2 Å². The van der Waals surface area contributed by atoms with Crippen molar-refractivity contribution in [3.05, 3.63) is 29.8 Å². The summed E-state index contributed by atoms with van der Waals surface area (Å²) in [5, 5.41) is 3.06. The number of carbonyl (C=O) groups is 1. The molecule has 0 fully saturated rings. The number of nitrogens with zero attached hydrogens (tertiary/aromatic N) is 1. The van der Waals surface area contributed by atoms with Gasteiger partial charge in [-0.25, -0.2) is 0 Å². The zero-order valence-corrected chi connectivity index (χ0v) is 10.2. The molecule has 0 saturated heterocycles. The molecule has 0 aliphatic heterocycles. The Kier molecular flexibility index (Phi) is 4.25. The zero-order valence-electron chi connectivity index (χ0n) is 9.36. The third kappa shape index (κ3) is 3.86. The highest BCUT2D eigenvalue weighted by Crippen LogP contribution is 2.10. The molecule has 0 aliphatic rings. The number of anilines is 1. The van der Waals surface area contributed by atoms with Crippen LogP contribution in [0.4, 0.5) is 5.69 Å². The number of nitrogens with two attached hydrogens (primary N) is 1. The van der Waals surface area contributed by atoms with E-state index in [2.05, 4.69) is 5.32 Å². The summed E-state index contributed by atoms with van der Waals surface area (Å²) in [7, 11) is 3.48. The zero-order chi connectivity index (χ0) is 12.1. The topological polar surface area (TPSA) is 58.4 Å². The molecule has 86 valence electrons. The average Bonchev–Trinajstić information content (AvgIpc) is 2.20. The Labute approximate surface area is 100 Å². The molecule has 1 aromatic rings. The molecule has 5 heteroatoms. The van der Waals surface area contributed by atoms with E-state index in [0.717, 1.165) is 11.3 Å². The van der Waals surface area contributed by atoms with Gasteiger partial charge in [0.25, 0.3) is 0 Å². The fourth-order valence-corrected chi connectivity index (χ4v) is 1.30. The molecule has 0 saturated carbocycles. The smallest absolute Gasteiger partial charge is 0.226 e. The summed E-state index contributed by atoms with van der Waals surface area (Å²) in [6.07, 6.45) is 0.403. The van der Waals surface area contributed by atoms with Crippen LogP contribution < -0.4 is 11.1 Å². The highest BCUT2D eigenvalue weighted by Gasteiger charge is 2.05. The molecule has 0 spiro atoms. The van der Waals surface area contributed by atoms with E-state index in [-0.39, 0.29) is 11.0 Å². The number of hydrogen-bond donors (Lipinski definition) is 2. The van der Waals surface area contributed by atoms with E-state index >= 15 is 0 Å². The molecule has 0 unspecified atom stereocenters. The maximum absolute atomic E-state index is 11.4. The molecule has 0 heterocycles. The Bertz CT molecular complexity index is 387. The molecule has 0 bridgehead atoms. The van der Waals surface area contributed by atoms with Crippen molar-refractivity contribution in [1.29, 1.82) is 0 Å². The third-order valence-electron chi connectivity index (χ3n) is 2.08. The maximum atomic E-state index is 11.4. The molecule has 0 aromatic heterocycles. The lowest BCUT2D eigenvalue weighted by molar-refractivity contribution is -0.127. The van der Waals surface area contributed by atoms with Crippen molar-refractivity contribution in [2.75, 3.05) is 19.4 Å². The van der Waals surface area contributed by atoms with Crippen LogP contribution in [0.5, 0.6) is 0 Å². The van der Waals surface area contributed by atoms with Crippen molar-refractivity contribution in [3.63, 3.8) is 0 Å². The van der Waals surface area contributed by atoms with Crippen LogP contribution in [0.1, 0.15) is 5.56 Å². The fraction of sp³-hybridized carbons (Fsp3) is 0.273. The maximum Gasteiger partial charge on any atom is 0.226 e. The second-order valence-electron chi connectivity index (χ2n) is 3.65. The Morgan fingerprint density at radius 3 is 2.38 bits per heavy atom. The number of benzene rings is 1. The van der Waals surface area contributed by atoms with Gasteiger partial charge in [0.05, 0.1) is 6.42 Å². The first-order valence-electron chi connectivity index (χ1n) is 4.84. The van der Waals surface area contributed by atoms with Crippen LogP contribution >= 0.6 is 12.2 Å². The summed E-state index contributed by atoms with van der Waals surface area (Å²) in [4.78, 5) is 13.0. The minimum Gasteiger partial charge on any atom is -0.376 e. The summed E-state index contributed by atoms with van der Waals surface area (Å²) in [6.45, 7) is 0. The molecule has 0 radical (unpaired) electrons. The molecule has 1 aromatic carbocycles. The highest BCUT2D eigenvalue weighted by atomic mass is 32.1. The lowest BCUT2D eigenvalue weighted by atomic mass is 10.1. The van der Waals surface area contributed by atoms with Crippen molar-refractivity contribution >= 4 is 28.9 Å². The van der Waals surface area contributed by atoms with E-state index < -0.39 is 0 Å². The Balaban J connectivity index is 2.64. The SMILES string of the molecule is CN(C)C(=O)Cc1ccc(NC(N)=S)cc1. The van der Waals surface area contributed by atoms with Crippen LogP contribution in [0.3, 0.4) is 0 Å². The number of hydrogen-bond acceptors (Lipinski definition) is 2. The summed E-state index contributed by atoms with van der Waals surface area (Å²) in [5.74, 6) is 0.0788. The number of thiocarbonyl (C=S) groups is 1. The van der Waals surface area contributed by atoms with Gasteiger partial charge in [0.1, 0.15) is 0 Å². The van der Waals surface area contributed by atoms with Gasteiger partial charge in [0.2, 0.25) is 5.91 Å². The van der Waals surface area contributed by atoms with E-state index in [1.807, 2.05) is 24.3 Å². The second-order valence-corrected chi connectivity index (χ2v) is 4.09. The predicted molar refractivity (Wildman–Crippen MR) is 69.2 cm³/mol. The van der Waals surface area contributed by atoms with Crippen molar-refractivity contribution < 1.29 is 4.79 Å². The minimum absolute atomic E-state index is 0.0788. The van der Waals surface area contributed by atoms with Gasteiger partial charge in [-0.2, -0.15) is 0 Å². The van der Waals surface area contributed by atoms with Crippen LogP contribution in [0.2, 0.25) is 0 Å². The van der Waals surface area contributed by atoms with Crippen LogP contribution in [0.25, 0.3) is 0 Å². The van der Waals surface area contributed by atoms with Crippen molar-refractivity contribution in [3.8, 4) is 0 Å². The Morgan fingerprint density at radius 2 is 1.94 bits per heavy atom. The quantitative estimate of drug-likeness (QED) is 0.769. The monoisotopic (exact) mass is 237 g/mol. The number of rotatable bonds is 3. The van der Waals surface area contributed by atoms with E-state index in [1.165, 1.54) is 0 Å². The van der Waals surface area contributed by atoms with E-state index in [0.29, 0.717) is 6.42 Å². The second kappa shape index (κ2) is 5.46. The van der Waals surface area contributed by atoms with Crippen LogP contribution in [0, 0.1) is 0 Å². The van der Waals surface area contributed by atoms with Crippen molar-refractivity contribution in [2.45, 2.75) is 6.42 Å². The number of carbonyl (C=O) groups excluding carboxylic acids is 1. The molecule has 1 rings (SSSR count). The molecular formula is C11H15N3OS. The van der Waals surface area contributed by atoms with Gasteiger partial charge in [-0.1, -0.05) is 12.1 Å². The standard InChI is InChI=1S/C11H15N3OS/c1-14(2)10(15)7-8-3-5-9(6-4-8)13-11(12)16/h3-6H,7H2,1-2H3,(H3,12,13,16). The Hall–Kier alpha value is -1.62. The van der Waals surface area contributed by atoms with Gasteiger partial charge in [0.15, 0.2) is 5.11 Å². The summed E-state index contributed by atoms with van der Waals surface area (Å²) < 4.78 is 0. The molecule has 0 atom stereocenters. The van der Waals surface area contributed by atoms with Gasteiger partial charge in [-0.3, -0.25) is 4.79 Å².